The summed E-state index contributed by atoms with van der Waals surface area (Å²) in [7, 11) is 0. The molecular weight excluding hydrogens is 160 g/mol. The first-order valence-electron chi connectivity index (χ1n) is 4.98. The molecule has 0 radical (unpaired) electrons. The molecule has 0 N–H and O–H groups in total. The van der Waals surface area contributed by atoms with Crippen molar-refractivity contribution in [1.82, 2.24) is 0 Å². The minimum Gasteiger partial charge on any atom is -0.375 e. The van der Waals surface area contributed by atoms with Crippen molar-refractivity contribution in [3.8, 4) is 0 Å². The lowest BCUT2D eigenvalue weighted by atomic mass is 9.92. The van der Waals surface area contributed by atoms with Gasteiger partial charge in [0.25, 0.3) is 0 Å². The third-order valence-corrected chi connectivity index (χ3v) is 2.83. The zero-order valence-electron chi connectivity index (χ0n) is 8.23. The van der Waals surface area contributed by atoms with Gasteiger partial charge in [0.2, 0.25) is 0 Å². The third-order valence-electron chi connectivity index (χ3n) is 2.83. The van der Waals surface area contributed by atoms with Gasteiger partial charge in [-0.25, -0.2) is 0 Å². The second-order valence-corrected chi connectivity index (χ2v) is 3.90. The van der Waals surface area contributed by atoms with Crippen molar-refractivity contribution in [2.45, 2.75) is 38.4 Å². The summed E-state index contributed by atoms with van der Waals surface area (Å²) in [4.78, 5) is 0. The Labute approximate surface area is 79.7 Å². The van der Waals surface area contributed by atoms with Gasteiger partial charge < -0.3 is 4.74 Å². The quantitative estimate of drug-likeness (QED) is 0.639. The molecule has 13 heavy (non-hydrogen) atoms. The van der Waals surface area contributed by atoms with Crippen LogP contribution in [0.2, 0.25) is 0 Å². The molecule has 0 bridgehead atoms. The molecule has 0 aliphatic carbocycles. The molecule has 1 fully saturated rings. The average molecular weight is 176 g/mol. The summed E-state index contributed by atoms with van der Waals surface area (Å²) >= 11 is 0. The SMILES string of the molecule is C[C@H]1C[C@@H](c2ccccc2)[C@@H](C)O1. The molecule has 1 saturated heterocycles. The Morgan fingerprint density at radius 3 is 2.38 bits per heavy atom. The van der Waals surface area contributed by atoms with Crippen LogP contribution in [0, 0.1) is 0 Å². The van der Waals surface area contributed by atoms with Crippen molar-refractivity contribution in [3.05, 3.63) is 35.9 Å². The highest BCUT2D eigenvalue weighted by Crippen LogP contribution is 2.34. The van der Waals surface area contributed by atoms with E-state index < -0.39 is 0 Å². The van der Waals surface area contributed by atoms with Crippen molar-refractivity contribution >= 4 is 0 Å². The summed E-state index contributed by atoms with van der Waals surface area (Å²) in [6.45, 7) is 4.32. The molecule has 70 valence electrons. The summed E-state index contributed by atoms with van der Waals surface area (Å²) in [5.41, 5.74) is 1.42. The largest absolute Gasteiger partial charge is 0.375 e. The van der Waals surface area contributed by atoms with E-state index in [2.05, 4.69) is 44.2 Å². The summed E-state index contributed by atoms with van der Waals surface area (Å²) in [6.07, 6.45) is 1.95. The average Bonchev–Trinajstić information content (AvgIpc) is 2.47. The second kappa shape index (κ2) is 3.51. The van der Waals surface area contributed by atoms with Crippen LogP contribution in [0.25, 0.3) is 0 Å². The molecule has 1 nitrogen and oxygen atoms in total. The molecule has 1 heteroatoms. The Bertz CT molecular complexity index is 268. The maximum absolute atomic E-state index is 5.73. The Morgan fingerprint density at radius 1 is 1.15 bits per heavy atom. The number of hydrogen-bond acceptors (Lipinski definition) is 1. The van der Waals surface area contributed by atoms with E-state index >= 15 is 0 Å². The third kappa shape index (κ3) is 1.75. The van der Waals surface area contributed by atoms with Gasteiger partial charge >= 0.3 is 0 Å². The van der Waals surface area contributed by atoms with Gasteiger partial charge in [0.15, 0.2) is 0 Å². The highest BCUT2D eigenvalue weighted by molar-refractivity contribution is 5.21. The highest BCUT2D eigenvalue weighted by atomic mass is 16.5. The molecule has 0 amide bonds. The Morgan fingerprint density at radius 2 is 1.85 bits per heavy atom. The maximum atomic E-state index is 5.73. The van der Waals surface area contributed by atoms with E-state index in [9.17, 15) is 0 Å². The smallest absolute Gasteiger partial charge is 0.0620 e. The summed E-state index contributed by atoms with van der Waals surface area (Å²) in [5.74, 6) is 0.594. The number of hydrogen-bond donors (Lipinski definition) is 0. The van der Waals surface area contributed by atoms with Gasteiger partial charge in [0.05, 0.1) is 12.2 Å². The van der Waals surface area contributed by atoms with E-state index in [-0.39, 0.29) is 0 Å². The maximum Gasteiger partial charge on any atom is 0.0620 e. The first-order chi connectivity index (χ1) is 6.27. The van der Waals surface area contributed by atoms with Crippen molar-refractivity contribution in [3.63, 3.8) is 0 Å². The second-order valence-electron chi connectivity index (χ2n) is 3.90. The lowest BCUT2D eigenvalue weighted by molar-refractivity contribution is 0.0632. The predicted molar refractivity (Wildman–Crippen MR) is 53.8 cm³/mol. The topological polar surface area (TPSA) is 9.23 Å². The van der Waals surface area contributed by atoms with Crippen molar-refractivity contribution in [2.24, 2.45) is 0 Å². The number of ether oxygens (including phenoxy) is 1. The van der Waals surface area contributed by atoms with Crippen LogP contribution < -0.4 is 0 Å². The van der Waals surface area contributed by atoms with Gasteiger partial charge in [0.1, 0.15) is 0 Å². The molecule has 1 aliphatic heterocycles. The molecule has 1 heterocycles. The summed E-state index contributed by atoms with van der Waals surface area (Å²) in [5, 5.41) is 0. The predicted octanol–water partition coefficient (Wildman–Crippen LogP) is 2.97. The van der Waals surface area contributed by atoms with E-state index in [4.69, 9.17) is 4.74 Å². The van der Waals surface area contributed by atoms with E-state index in [1.165, 1.54) is 5.56 Å². The molecule has 2 rings (SSSR count). The lowest BCUT2D eigenvalue weighted by Gasteiger charge is -2.13. The minimum atomic E-state index is 0.373. The van der Waals surface area contributed by atoms with Gasteiger partial charge in [-0.1, -0.05) is 30.3 Å². The zero-order valence-corrected chi connectivity index (χ0v) is 8.23. The molecule has 1 aromatic rings. The van der Waals surface area contributed by atoms with E-state index in [1.807, 2.05) is 0 Å². The molecule has 0 spiro atoms. The standard InChI is InChI=1S/C12H16O/c1-9-8-12(10(2)13-9)11-6-4-3-5-7-11/h3-7,9-10,12H,8H2,1-2H3/t9-,10+,12+/m0/s1. The van der Waals surface area contributed by atoms with E-state index in [0.717, 1.165) is 6.42 Å². The first kappa shape index (κ1) is 8.76. The lowest BCUT2D eigenvalue weighted by Crippen LogP contribution is -2.09. The van der Waals surface area contributed by atoms with Crippen LogP contribution in [0.1, 0.15) is 31.7 Å². The molecule has 3 atom stereocenters. The minimum absolute atomic E-state index is 0.373. The van der Waals surface area contributed by atoms with E-state index in [1.54, 1.807) is 0 Å². The van der Waals surface area contributed by atoms with Gasteiger partial charge in [0, 0.05) is 5.92 Å². The Kier molecular flexibility index (Phi) is 2.36. The van der Waals surface area contributed by atoms with Crippen LogP contribution >= 0.6 is 0 Å². The summed E-state index contributed by atoms with van der Waals surface area (Å²) < 4.78 is 5.73. The van der Waals surface area contributed by atoms with Crippen LogP contribution in [0.3, 0.4) is 0 Å². The molecule has 1 aliphatic rings. The van der Waals surface area contributed by atoms with Crippen LogP contribution in [0.15, 0.2) is 30.3 Å². The Balaban J connectivity index is 2.18. The Hall–Kier alpha value is -0.820. The van der Waals surface area contributed by atoms with Gasteiger partial charge in [-0.15, -0.1) is 0 Å². The number of rotatable bonds is 1. The number of benzene rings is 1. The fourth-order valence-electron chi connectivity index (χ4n) is 2.17. The van der Waals surface area contributed by atoms with Crippen molar-refractivity contribution in [1.29, 1.82) is 0 Å². The fourth-order valence-corrected chi connectivity index (χ4v) is 2.17. The fraction of sp³-hybridized carbons (Fsp3) is 0.500. The first-order valence-corrected chi connectivity index (χ1v) is 4.98. The molecule has 0 saturated carbocycles. The van der Waals surface area contributed by atoms with Crippen LogP contribution in [-0.4, -0.2) is 12.2 Å². The molecular formula is C12H16O. The summed E-state index contributed by atoms with van der Waals surface area (Å²) in [6, 6.07) is 10.7. The van der Waals surface area contributed by atoms with Gasteiger partial charge in [-0.3, -0.25) is 0 Å². The molecule has 0 unspecified atom stereocenters. The zero-order chi connectivity index (χ0) is 9.26. The van der Waals surface area contributed by atoms with Crippen LogP contribution in [0.4, 0.5) is 0 Å². The molecule has 0 aromatic heterocycles. The van der Waals surface area contributed by atoms with Crippen LogP contribution in [-0.2, 0) is 4.74 Å². The van der Waals surface area contributed by atoms with E-state index in [0.29, 0.717) is 18.1 Å². The van der Waals surface area contributed by atoms with Crippen molar-refractivity contribution in [2.75, 3.05) is 0 Å². The van der Waals surface area contributed by atoms with Crippen LogP contribution in [0.5, 0.6) is 0 Å². The van der Waals surface area contributed by atoms with Gasteiger partial charge in [-0.05, 0) is 25.8 Å². The highest BCUT2D eigenvalue weighted by Gasteiger charge is 2.30. The van der Waals surface area contributed by atoms with Crippen molar-refractivity contribution < 1.29 is 4.74 Å². The molecule has 1 aromatic carbocycles. The monoisotopic (exact) mass is 176 g/mol. The normalized spacial score (nSPS) is 33.5. The van der Waals surface area contributed by atoms with Gasteiger partial charge in [-0.2, -0.15) is 0 Å².